The average Bonchev–Trinajstić information content (AvgIpc) is 2.78. The molecule has 0 spiro atoms. The van der Waals surface area contributed by atoms with Crippen LogP contribution in [0.25, 0.3) is 0 Å². The summed E-state index contributed by atoms with van der Waals surface area (Å²) in [4.78, 5) is 2.12. The summed E-state index contributed by atoms with van der Waals surface area (Å²) in [5.74, 6) is 0.866. The van der Waals surface area contributed by atoms with Crippen molar-refractivity contribution in [1.82, 2.24) is 0 Å². The molecule has 17 heavy (non-hydrogen) atoms. The van der Waals surface area contributed by atoms with Gasteiger partial charge < -0.3 is 15.1 Å². The Bertz CT molecular complexity index is 469. The van der Waals surface area contributed by atoms with E-state index in [-0.39, 0.29) is 6.04 Å². The molecule has 0 fully saturated rings. The van der Waals surface area contributed by atoms with E-state index in [1.807, 2.05) is 37.4 Å². The van der Waals surface area contributed by atoms with E-state index < -0.39 is 0 Å². The Labute approximate surface area is 109 Å². The standard InChI is InChI=1S/C13H15BrN2O/c1-16(10-5-3-2-4-6-10)11(9-15)12-7-8-13(14)17-12/h2-8,11H,9,15H2,1H3. The van der Waals surface area contributed by atoms with Crippen LogP contribution in [0.1, 0.15) is 11.8 Å². The van der Waals surface area contributed by atoms with E-state index in [2.05, 4.69) is 33.0 Å². The lowest BCUT2D eigenvalue weighted by Crippen LogP contribution is -2.30. The van der Waals surface area contributed by atoms with Gasteiger partial charge in [-0.3, -0.25) is 0 Å². The first-order valence-corrected chi connectivity index (χ1v) is 6.25. The molecule has 3 nitrogen and oxygen atoms in total. The van der Waals surface area contributed by atoms with E-state index >= 15 is 0 Å². The maximum absolute atomic E-state index is 5.84. The number of rotatable bonds is 4. The zero-order valence-corrected chi connectivity index (χ0v) is 11.2. The van der Waals surface area contributed by atoms with E-state index in [9.17, 15) is 0 Å². The summed E-state index contributed by atoms with van der Waals surface area (Å²) in [6.45, 7) is 0.505. The lowest BCUT2D eigenvalue weighted by atomic mass is 10.1. The normalized spacial score (nSPS) is 12.4. The van der Waals surface area contributed by atoms with Crippen LogP contribution in [-0.4, -0.2) is 13.6 Å². The molecule has 0 radical (unpaired) electrons. The third kappa shape index (κ3) is 2.70. The van der Waals surface area contributed by atoms with Crippen molar-refractivity contribution in [2.75, 3.05) is 18.5 Å². The summed E-state index contributed by atoms with van der Waals surface area (Å²) in [6.07, 6.45) is 0. The Hall–Kier alpha value is -1.26. The highest BCUT2D eigenvalue weighted by Gasteiger charge is 2.19. The first-order valence-electron chi connectivity index (χ1n) is 5.45. The molecule has 0 aliphatic rings. The average molecular weight is 295 g/mol. The predicted molar refractivity (Wildman–Crippen MR) is 73.0 cm³/mol. The van der Waals surface area contributed by atoms with Gasteiger partial charge in [-0.15, -0.1) is 0 Å². The summed E-state index contributed by atoms with van der Waals surface area (Å²) >= 11 is 3.31. The summed E-state index contributed by atoms with van der Waals surface area (Å²) in [6, 6.07) is 14.0. The second kappa shape index (κ2) is 5.38. The third-order valence-corrected chi connectivity index (χ3v) is 3.20. The highest BCUT2D eigenvalue weighted by atomic mass is 79.9. The molecule has 4 heteroatoms. The zero-order valence-electron chi connectivity index (χ0n) is 9.64. The molecule has 2 aromatic rings. The van der Waals surface area contributed by atoms with Crippen LogP contribution >= 0.6 is 15.9 Å². The van der Waals surface area contributed by atoms with Crippen LogP contribution in [0.15, 0.2) is 51.6 Å². The Morgan fingerprint density at radius 2 is 1.94 bits per heavy atom. The summed E-state index contributed by atoms with van der Waals surface area (Å²) in [5, 5.41) is 0. The number of hydrogen-bond acceptors (Lipinski definition) is 3. The first kappa shape index (κ1) is 12.2. The van der Waals surface area contributed by atoms with Gasteiger partial charge in [0.2, 0.25) is 0 Å². The molecule has 0 aliphatic carbocycles. The Kier molecular flexibility index (Phi) is 3.86. The smallest absolute Gasteiger partial charge is 0.169 e. The molecule has 90 valence electrons. The van der Waals surface area contributed by atoms with Crippen molar-refractivity contribution in [2.24, 2.45) is 5.73 Å². The predicted octanol–water partition coefficient (Wildman–Crippen LogP) is 3.18. The number of para-hydroxylation sites is 1. The molecule has 1 aromatic heterocycles. The number of furan rings is 1. The van der Waals surface area contributed by atoms with Crippen LogP contribution in [0.2, 0.25) is 0 Å². The lowest BCUT2D eigenvalue weighted by Gasteiger charge is -2.27. The van der Waals surface area contributed by atoms with Crippen molar-refractivity contribution in [2.45, 2.75) is 6.04 Å². The Morgan fingerprint density at radius 3 is 2.47 bits per heavy atom. The molecule has 2 rings (SSSR count). The van der Waals surface area contributed by atoms with Gasteiger partial charge in [-0.1, -0.05) is 18.2 Å². The fraction of sp³-hybridized carbons (Fsp3) is 0.231. The van der Waals surface area contributed by atoms with E-state index in [1.54, 1.807) is 0 Å². The second-order valence-corrected chi connectivity index (χ2v) is 4.62. The molecule has 0 saturated heterocycles. The second-order valence-electron chi connectivity index (χ2n) is 3.84. The van der Waals surface area contributed by atoms with Crippen molar-refractivity contribution in [3.63, 3.8) is 0 Å². The van der Waals surface area contributed by atoms with E-state index in [4.69, 9.17) is 10.2 Å². The van der Waals surface area contributed by atoms with Crippen LogP contribution in [0.3, 0.4) is 0 Å². The highest BCUT2D eigenvalue weighted by molar-refractivity contribution is 9.10. The molecule has 0 saturated carbocycles. The molecule has 0 amide bonds. The van der Waals surface area contributed by atoms with Gasteiger partial charge in [0, 0.05) is 19.3 Å². The summed E-state index contributed by atoms with van der Waals surface area (Å²) < 4.78 is 6.30. The largest absolute Gasteiger partial charge is 0.452 e. The van der Waals surface area contributed by atoms with Gasteiger partial charge in [-0.25, -0.2) is 0 Å². The van der Waals surface area contributed by atoms with Crippen molar-refractivity contribution in [3.8, 4) is 0 Å². The van der Waals surface area contributed by atoms with Gasteiger partial charge in [-0.05, 0) is 40.2 Å². The number of benzene rings is 1. The summed E-state index contributed by atoms with van der Waals surface area (Å²) in [5.41, 5.74) is 6.96. The minimum atomic E-state index is 0.0451. The third-order valence-electron chi connectivity index (χ3n) is 2.78. The molecule has 0 aliphatic heterocycles. The number of likely N-dealkylation sites (N-methyl/N-ethyl adjacent to an activating group) is 1. The molecular formula is C13H15BrN2O. The molecule has 1 aromatic carbocycles. The Morgan fingerprint density at radius 1 is 1.24 bits per heavy atom. The Balaban J connectivity index is 2.25. The molecule has 1 heterocycles. The van der Waals surface area contributed by atoms with Gasteiger partial charge >= 0.3 is 0 Å². The van der Waals surface area contributed by atoms with E-state index in [1.165, 1.54) is 0 Å². The van der Waals surface area contributed by atoms with Crippen LogP contribution in [0.4, 0.5) is 5.69 Å². The SMILES string of the molecule is CN(c1ccccc1)C(CN)c1ccc(Br)o1. The van der Waals surface area contributed by atoms with Gasteiger partial charge in [-0.2, -0.15) is 0 Å². The van der Waals surface area contributed by atoms with Crippen LogP contribution in [0, 0.1) is 0 Å². The van der Waals surface area contributed by atoms with Gasteiger partial charge in [0.1, 0.15) is 5.76 Å². The topological polar surface area (TPSA) is 42.4 Å². The van der Waals surface area contributed by atoms with Crippen molar-refractivity contribution >= 4 is 21.6 Å². The van der Waals surface area contributed by atoms with Crippen LogP contribution < -0.4 is 10.6 Å². The van der Waals surface area contributed by atoms with Crippen molar-refractivity contribution < 1.29 is 4.42 Å². The van der Waals surface area contributed by atoms with Gasteiger partial charge in [0.25, 0.3) is 0 Å². The molecule has 0 bridgehead atoms. The van der Waals surface area contributed by atoms with Gasteiger partial charge in [0.05, 0.1) is 6.04 Å². The fourth-order valence-electron chi connectivity index (χ4n) is 1.82. The zero-order chi connectivity index (χ0) is 12.3. The molecule has 1 unspecified atom stereocenters. The quantitative estimate of drug-likeness (QED) is 0.942. The monoisotopic (exact) mass is 294 g/mol. The number of halogens is 1. The van der Waals surface area contributed by atoms with Gasteiger partial charge in [0.15, 0.2) is 4.67 Å². The first-order chi connectivity index (χ1) is 8.22. The minimum Gasteiger partial charge on any atom is -0.452 e. The fourth-order valence-corrected chi connectivity index (χ4v) is 2.13. The maximum Gasteiger partial charge on any atom is 0.169 e. The van der Waals surface area contributed by atoms with Crippen molar-refractivity contribution in [3.05, 3.63) is 52.9 Å². The molecular weight excluding hydrogens is 280 g/mol. The molecule has 2 N–H and O–H groups in total. The number of nitrogens with zero attached hydrogens (tertiary/aromatic N) is 1. The van der Waals surface area contributed by atoms with Crippen LogP contribution in [0.5, 0.6) is 0 Å². The number of hydrogen-bond donors (Lipinski definition) is 1. The van der Waals surface area contributed by atoms with Crippen LogP contribution in [-0.2, 0) is 0 Å². The summed E-state index contributed by atoms with van der Waals surface area (Å²) in [7, 11) is 2.02. The number of nitrogens with two attached hydrogens (primary N) is 1. The van der Waals surface area contributed by atoms with E-state index in [0.29, 0.717) is 6.54 Å². The minimum absolute atomic E-state index is 0.0451. The van der Waals surface area contributed by atoms with E-state index in [0.717, 1.165) is 16.1 Å². The van der Waals surface area contributed by atoms with Crippen molar-refractivity contribution in [1.29, 1.82) is 0 Å². The maximum atomic E-state index is 5.84. The number of anilines is 1. The highest BCUT2D eigenvalue weighted by Crippen LogP contribution is 2.27. The lowest BCUT2D eigenvalue weighted by molar-refractivity contribution is 0.444. The molecule has 1 atom stereocenters.